The van der Waals surface area contributed by atoms with E-state index in [0.717, 1.165) is 5.56 Å². The molecule has 0 atom stereocenters. The SMILES string of the molecule is CC(C)(CO)COc1cc(-c2ccccc2)nc(NS(=O)(=O)c2ccccc2)n1. The van der Waals surface area contributed by atoms with Gasteiger partial charge in [-0.1, -0.05) is 62.4 Å². The molecule has 152 valence electrons. The van der Waals surface area contributed by atoms with Crippen LogP contribution < -0.4 is 9.46 Å². The average molecular weight is 413 g/mol. The van der Waals surface area contributed by atoms with Crippen molar-refractivity contribution in [1.29, 1.82) is 0 Å². The van der Waals surface area contributed by atoms with Crippen molar-refractivity contribution in [3.63, 3.8) is 0 Å². The summed E-state index contributed by atoms with van der Waals surface area (Å²) in [6.07, 6.45) is 0. The zero-order valence-corrected chi connectivity index (χ0v) is 17.1. The molecule has 2 N–H and O–H groups in total. The Morgan fingerprint density at radius 1 is 1.00 bits per heavy atom. The summed E-state index contributed by atoms with van der Waals surface area (Å²) < 4.78 is 33.5. The molecule has 0 aliphatic carbocycles. The van der Waals surface area contributed by atoms with Gasteiger partial charge in [-0.15, -0.1) is 0 Å². The minimum Gasteiger partial charge on any atom is -0.477 e. The first-order valence-corrected chi connectivity index (χ1v) is 10.5. The lowest BCUT2D eigenvalue weighted by molar-refractivity contribution is 0.0952. The second-order valence-electron chi connectivity index (χ2n) is 7.31. The molecule has 0 aliphatic rings. The lowest BCUT2D eigenvalue weighted by atomic mass is 9.97. The molecule has 0 fully saturated rings. The van der Waals surface area contributed by atoms with Crippen molar-refractivity contribution in [2.45, 2.75) is 18.7 Å². The van der Waals surface area contributed by atoms with Crippen LogP contribution in [0, 0.1) is 5.41 Å². The van der Waals surface area contributed by atoms with Crippen LogP contribution in [0.4, 0.5) is 5.95 Å². The Balaban J connectivity index is 1.96. The molecular formula is C21H23N3O4S. The maximum Gasteiger partial charge on any atom is 0.264 e. The number of hydrogen-bond acceptors (Lipinski definition) is 6. The molecule has 0 radical (unpaired) electrons. The lowest BCUT2D eigenvalue weighted by Crippen LogP contribution is -2.25. The Morgan fingerprint density at radius 2 is 1.62 bits per heavy atom. The van der Waals surface area contributed by atoms with E-state index in [4.69, 9.17) is 4.74 Å². The van der Waals surface area contributed by atoms with Crippen LogP contribution in [0.15, 0.2) is 71.6 Å². The van der Waals surface area contributed by atoms with Crippen molar-refractivity contribution in [2.75, 3.05) is 17.9 Å². The van der Waals surface area contributed by atoms with Gasteiger partial charge in [-0.25, -0.2) is 18.1 Å². The Labute approximate surface area is 170 Å². The fourth-order valence-electron chi connectivity index (χ4n) is 2.40. The zero-order valence-electron chi connectivity index (χ0n) is 16.2. The molecular weight excluding hydrogens is 390 g/mol. The predicted molar refractivity (Wildman–Crippen MR) is 111 cm³/mol. The normalized spacial score (nSPS) is 11.8. The van der Waals surface area contributed by atoms with E-state index in [-0.39, 0.29) is 29.9 Å². The van der Waals surface area contributed by atoms with Crippen LogP contribution in [0.5, 0.6) is 5.88 Å². The van der Waals surface area contributed by atoms with Crippen molar-refractivity contribution in [3.05, 3.63) is 66.7 Å². The first-order chi connectivity index (χ1) is 13.8. The topological polar surface area (TPSA) is 101 Å². The number of aliphatic hydroxyl groups is 1. The third-order valence-corrected chi connectivity index (χ3v) is 5.43. The molecule has 0 amide bonds. The smallest absolute Gasteiger partial charge is 0.264 e. The van der Waals surface area contributed by atoms with E-state index in [1.54, 1.807) is 24.3 Å². The van der Waals surface area contributed by atoms with Gasteiger partial charge in [0.15, 0.2) is 0 Å². The predicted octanol–water partition coefficient (Wildman–Crippen LogP) is 3.34. The highest BCUT2D eigenvalue weighted by Gasteiger charge is 2.20. The van der Waals surface area contributed by atoms with E-state index in [9.17, 15) is 13.5 Å². The van der Waals surface area contributed by atoms with Gasteiger partial charge < -0.3 is 9.84 Å². The van der Waals surface area contributed by atoms with E-state index >= 15 is 0 Å². The monoisotopic (exact) mass is 413 g/mol. The third kappa shape index (κ3) is 5.52. The van der Waals surface area contributed by atoms with Crippen LogP contribution in [0.25, 0.3) is 11.3 Å². The largest absolute Gasteiger partial charge is 0.477 e. The standard InChI is InChI=1S/C21H23N3O4S/c1-21(2,14-25)15-28-19-13-18(16-9-5-3-6-10-16)22-20(23-19)24-29(26,27)17-11-7-4-8-12-17/h3-13,25H,14-15H2,1-2H3,(H,22,23,24). The van der Waals surface area contributed by atoms with Gasteiger partial charge in [-0.05, 0) is 12.1 Å². The molecule has 3 rings (SSSR count). The number of nitrogens with one attached hydrogen (secondary N) is 1. The van der Waals surface area contributed by atoms with E-state index in [2.05, 4.69) is 14.7 Å². The Bertz CT molecular complexity index is 1060. The minimum absolute atomic E-state index is 0.0584. The van der Waals surface area contributed by atoms with Crippen molar-refractivity contribution in [1.82, 2.24) is 9.97 Å². The highest BCUT2D eigenvalue weighted by molar-refractivity contribution is 7.92. The van der Waals surface area contributed by atoms with Crippen LogP contribution in [-0.4, -0.2) is 36.7 Å². The third-order valence-electron chi connectivity index (χ3n) is 4.09. The Hall–Kier alpha value is -2.97. The van der Waals surface area contributed by atoms with Crippen LogP contribution in [0.1, 0.15) is 13.8 Å². The molecule has 0 unspecified atom stereocenters. The molecule has 0 saturated heterocycles. The number of benzene rings is 2. The summed E-state index contributed by atoms with van der Waals surface area (Å²) in [5, 5.41) is 9.43. The van der Waals surface area contributed by atoms with E-state index in [1.807, 2.05) is 44.2 Å². The number of sulfonamides is 1. The summed E-state index contributed by atoms with van der Waals surface area (Å²) in [5.41, 5.74) is 0.839. The molecule has 1 aromatic heterocycles. The van der Waals surface area contributed by atoms with E-state index in [1.165, 1.54) is 12.1 Å². The van der Waals surface area contributed by atoms with Gasteiger partial charge in [-0.3, -0.25) is 0 Å². The molecule has 8 heteroatoms. The van der Waals surface area contributed by atoms with Gasteiger partial charge in [0, 0.05) is 17.0 Å². The molecule has 0 spiro atoms. The van der Waals surface area contributed by atoms with Crippen molar-refractivity contribution < 1.29 is 18.3 Å². The highest BCUT2D eigenvalue weighted by Crippen LogP contribution is 2.25. The highest BCUT2D eigenvalue weighted by atomic mass is 32.2. The molecule has 29 heavy (non-hydrogen) atoms. The summed E-state index contributed by atoms with van der Waals surface area (Å²) in [7, 11) is -3.85. The lowest BCUT2D eigenvalue weighted by Gasteiger charge is -2.21. The minimum atomic E-state index is -3.85. The number of ether oxygens (including phenoxy) is 1. The molecule has 3 aromatic rings. The van der Waals surface area contributed by atoms with Gasteiger partial charge in [0.25, 0.3) is 10.0 Å². The number of aliphatic hydroxyl groups excluding tert-OH is 1. The average Bonchev–Trinajstić information content (AvgIpc) is 2.73. The second kappa shape index (κ2) is 8.59. The fourth-order valence-corrected chi connectivity index (χ4v) is 3.36. The Morgan fingerprint density at radius 3 is 2.24 bits per heavy atom. The van der Waals surface area contributed by atoms with Crippen LogP contribution >= 0.6 is 0 Å². The summed E-state index contributed by atoms with van der Waals surface area (Å²) in [5.74, 6) is 0.123. The molecule has 0 aliphatic heterocycles. The van der Waals surface area contributed by atoms with Gasteiger partial charge in [0.1, 0.15) is 0 Å². The van der Waals surface area contributed by atoms with Crippen molar-refractivity contribution in [3.8, 4) is 17.1 Å². The molecule has 1 heterocycles. The molecule has 7 nitrogen and oxygen atoms in total. The van der Waals surface area contributed by atoms with Gasteiger partial charge in [0.2, 0.25) is 11.8 Å². The molecule has 0 saturated carbocycles. The van der Waals surface area contributed by atoms with Crippen molar-refractivity contribution in [2.24, 2.45) is 5.41 Å². The quantitative estimate of drug-likeness (QED) is 0.587. The van der Waals surface area contributed by atoms with Gasteiger partial charge in [0.05, 0.1) is 23.8 Å². The molecule has 0 bridgehead atoms. The number of rotatable bonds is 8. The maximum absolute atomic E-state index is 12.7. The van der Waals surface area contributed by atoms with Gasteiger partial charge >= 0.3 is 0 Å². The summed E-state index contributed by atoms with van der Waals surface area (Å²) in [6.45, 7) is 3.85. The summed E-state index contributed by atoms with van der Waals surface area (Å²) in [4.78, 5) is 8.66. The second-order valence-corrected chi connectivity index (χ2v) is 8.99. The molecule has 2 aromatic carbocycles. The summed E-state index contributed by atoms with van der Waals surface area (Å²) in [6, 6.07) is 19.0. The first-order valence-electron chi connectivity index (χ1n) is 9.05. The zero-order chi connectivity index (χ0) is 20.9. The Kier molecular flexibility index (Phi) is 6.14. The number of anilines is 1. The van der Waals surface area contributed by atoms with Crippen LogP contribution in [-0.2, 0) is 10.0 Å². The van der Waals surface area contributed by atoms with Crippen LogP contribution in [0.3, 0.4) is 0 Å². The first kappa shape index (κ1) is 20.8. The van der Waals surface area contributed by atoms with Crippen molar-refractivity contribution >= 4 is 16.0 Å². The number of hydrogen-bond donors (Lipinski definition) is 2. The number of aromatic nitrogens is 2. The van der Waals surface area contributed by atoms with E-state index < -0.39 is 15.4 Å². The van der Waals surface area contributed by atoms with Gasteiger partial charge in [-0.2, -0.15) is 4.98 Å². The van der Waals surface area contributed by atoms with E-state index in [0.29, 0.717) is 5.69 Å². The fraction of sp³-hybridized carbons (Fsp3) is 0.238. The summed E-state index contributed by atoms with van der Waals surface area (Å²) >= 11 is 0. The number of nitrogens with zero attached hydrogens (tertiary/aromatic N) is 2. The maximum atomic E-state index is 12.7. The van der Waals surface area contributed by atoms with Crippen LogP contribution in [0.2, 0.25) is 0 Å².